The number of allylic oxidation sites excluding steroid dienone is 1. The van der Waals surface area contributed by atoms with Crippen LogP contribution >= 0.6 is 0 Å². The normalized spacial score (nSPS) is 10.9. The number of benzene rings is 2. The van der Waals surface area contributed by atoms with Gasteiger partial charge in [0.05, 0.1) is 14.2 Å². The lowest BCUT2D eigenvalue weighted by Gasteiger charge is -2.11. The van der Waals surface area contributed by atoms with Crippen LogP contribution in [0.15, 0.2) is 36.4 Å². The Bertz CT molecular complexity index is 826. The Morgan fingerprint density at radius 2 is 1.15 bits per heavy atom. The molecule has 142 valence electrons. The molecule has 0 radical (unpaired) electrons. The van der Waals surface area contributed by atoms with Gasteiger partial charge in [-0.25, -0.2) is 0 Å². The SMILES string of the molecule is COc1cc(/C=C(\C)c2cc(OC(C)=O)cc(OC(C)=O)c2)cc(OC)c1. The third-order valence-electron chi connectivity index (χ3n) is 3.62. The summed E-state index contributed by atoms with van der Waals surface area (Å²) in [6.07, 6.45) is 1.93. The largest absolute Gasteiger partial charge is 0.497 e. The summed E-state index contributed by atoms with van der Waals surface area (Å²) in [5, 5.41) is 0. The van der Waals surface area contributed by atoms with Crippen LogP contribution < -0.4 is 18.9 Å². The second kappa shape index (κ2) is 8.89. The molecule has 2 aromatic rings. The van der Waals surface area contributed by atoms with Gasteiger partial charge in [-0.2, -0.15) is 0 Å². The average Bonchev–Trinajstić information content (AvgIpc) is 2.59. The van der Waals surface area contributed by atoms with E-state index in [1.807, 2.05) is 25.1 Å². The molecule has 0 bridgehead atoms. The number of ether oxygens (including phenoxy) is 4. The zero-order valence-corrected chi connectivity index (χ0v) is 16.0. The molecule has 27 heavy (non-hydrogen) atoms. The first-order chi connectivity index (χ1) is 12.8. The van der Waals surface area contributed by atoms with Crippen LogP contribution in [-0.2, 0) is 9.59 Å². The van der Waals surface area contributed by atoms with Crippen LogP contribution in [-0.4, -0.2) is 26.2 Å². The predicted molar refractivity (Wildman–Crippen MR) is 102 cm³/mol. The van der Waals surface area contributed by atoms with Gasteiger partial charge in [0.25, 0.3) is 0 Å². The molecule has 0 aliphatic heterocycles. The number of carbonyl (C=O) groups is 2. The second-order valence-electron chi connectivity index (χ2n) is 5.85. The number of hydrogen-bond donors (Lipinski definition) is 0. The van der Waals surface area contributed by atoms with Crippen molar-refractivity contribution in [3.63, 3.8) is 0 Å². The van der Waals surface area contributed by atoms with Crippen LogP contribution in [0.3, 0.4) is 0 Å². The summed E-state index contributed by atoms with van der Waals surface area (Å²) in [7, 11) is 3.17. The van der Waals surface area contributed by atoms with E-state index in [9.17, 15) is 9.59 Å². The van der Waals surface area contributed by atoms with Crippen LogP contribution in [0.1, 0.15) is 31.9 Å². The Morgan fingerprint density at radius 1 is 0.704 bits per heavy atom. The van der Waals surface area contributed by atoms with Crippen LogP contribution in [0.25, 0.3) is 11.6 Å². The number of methoxy groups -OCH3 is 2. The van der Waals surface area contributed by atoms with Crippen LogP contribution in [0.5, 0.6) is 23.0 Å². The second-order valence-corrected chi connectivity index (χ2v) is 5.85. The van der Waals surface area contributed by atoms with E-state index in [1.54, 1.807) is 32.4 Å². The van der Waals surface area contributed by atoms with Gasteiger partial charge in [-0.05, 0) is 47.9 Å². The highest BCUT2D eigenvalue weighted by atomic mass is 16.5. The first-order valence-corrected chi connectivity index (χ1v) is 8.24. The highest BCUT2D eigenvalue weighted by Crippen LogP contribution is 2.30. The van der Waals surface area contributed by atoms with Crippen molar-refractivity contribution in [1.82, 2.24) is 0 Å². The van der Waals surface area contributed by atoms with Crippen molar-refractivity contribution in [2.45, 2.75) is 20.8 Å². The maximum atomic E-state index is 11.3. The molecule has 2 aromatic carbocycles. The van der Waals surface area contributed by atoms with Crippen molar-refractivity contribution in [3.05, 3.63) is 47.5 Å². The molecule has 0 saturated heterocycles. The highest BCUT2D eigenvalue weighted by molar-refractivity contribution is 5.82. The van der Waals surface area contributed by atoms with Gasteiger partial charge >= 0.3 is 11.9 Å². The molecule has 0 aliphatic carbocycles. The highest BCUT2D eigenvalue weighted by Gasteiger charge is 2.09. The van der Waals surface area contributed by atoms with E-state index in [1.165, 1.54) is 19.9 Å². The Kier molecular flexibility index (Phi) is 6.60. The number of carbonyl (C=O) groups excluding carboxylic acids is 2. The van der Waals surface area contributed by atoms with Crippen LogP contribution in [0.4, 0.5) is 0 Å². The van der Waals surface area contributed by atoms with Gasteiger partial charge in [0, 0.05) is 26.0 Å². The summed E-state index contributed by atoms with van der Waals surface area (Å²) in [4.78, 5) is 22.6. The lowest BCUT2D eigenvalue weighted by molar-refractivity contribution is -0.132. The number of hydrogen-bond acceptors (Lipinski definition) is 6. The van der Waals surface area contributed by atoms with E-state index < -0.39 is 11.9 Å². The molecule has 0 fully saturated rings. The summed E-state index contributed by atoms with van der Waals surface area (Å²) >= 11 is 0. The number of rotatable bonds is 6. The molecule has 0 N–H and O–H groups in total. The summed E-state index contributed by atoms with van der Waals surface area (Å²) in [5.41, 5.74) is 2.48. The van der Waals surface area contributed by atoms with E-state index in [-0.39, 0.29) is 0 Å². The molecule has 0 aromatic heterocycles. The van der Waals surface area contributed by atoms with Gasteiger partial charge < -0.3 is 18.9 Å². The van der Waals surface area contributed by atoms with Crippen molar-refractivity contribution in [3.8, 4) is 23.0 Å². The molecule has 0 unspecified atom stereocenters. The minimum absolute atomic E-state index is 0.298. The van der Waals surface area contributed by atoms with Gasteiger partial charge in [0.15, 0.2) is 0 Å². The maximum absolute atomic E-state index is 11.3. The minimum Gasteiger partial charge on any atom is -0.497 e. The minimum atomic E-state index is -0.458. The molecule has 2 rings (SSSR count). The van der Waals surface area contributed by atoms with Gasteiger partial charge in [0.1, 0.15) is 23.0 Å². The maximum Gasteiger partial charge on any atom is 0.308 e. The van der Waals surface area contributed by atoms with E-state index in [0.717, 1.165) is 16.7 Å². The van der Waals surface area contributed by atoms with Crippen molar-refractivity contribution in [2.24, 2.45) is 0 Å². The Hall–Kier alpha value is -3.28. The monoisotopic (exact) mass is 370 g/mol. The molecular weight excluding hydrogens is 348 g/mol. The molecule has 6 heteroatoms. The van der Waals surface area contributed by atoms with Gasteiger partial charge in [-0.1, -0.05) is 6.08 Å². The smallest absolute Gasteiger partial charge is 0.308 e. The fourth-order valence-electron chi connectivity index (χ4n) is 2.50. The van der Waals surface area contributed by atoms with E-state index in [2.05, 4.69) is 0 Å². The molecule has 6 nitrogen and oxygen atoms in total. The fraction of sp³-hybridized carbons (Fsp3) is 0.238. The topological polar surface area (TPSA) is 71.1 Å². The molecule has 0 saturated carbocycles. The summed E-state index contributed by atoms with van der Waals surface area (Å²) in [5.74, 6) is 1.02. The summed E-state index contributed by atoms with van der Waals surface area (Å²) in [6, 6.07) is 10.4. The standard InChI is InChI=1S/C21H22O6/c1-13(6-16-7-18(24-4)11-19(8-16)25-5)17-9-20(26-14(2)22)12-21(10-17)27-15(3)23/h6-12H,1-5H3/b13-6+. The summed E-state index contributed by atoms with van der Waals surface area (Å²) < 4.78 is 20.9. The quantitative estimate of drug-likeness (QED) is 0.433. The average molecular weight is 370 g/mol. The van der Waals surface area contributed by atoms with Gasteiger partial charge in [0.2, 0.25) is 0 Å². The van der Waals surface area contributed by atoms with Gasteiger partial charge in [-0.15, -0.1) is 0 Å². The predicted octanol–water partition coefficient (Wildman–Crippen LogP) is 4.11. The fourth-order valence-corrected chi connectivity index (χ4v) is 2.50. The molecular formula is C21H22O6. The van der Waals surface area contributed by atoms with Crippen molar-refractivity contribution < 1.29 is 28.5 Å². The first-order valence-electron chi connectivity index (χ1n) is 8.24. The Balaban J connectivity index is 2.46. The number of esters is 2. The molecule has 0 heterocycles. The molecule has 0 amide bonds. The van der Waals surface area contributed by atoms with Crippen LogP contribution in [0, 0.1) is 0 Å². The van der Waals surface area contributed by atoms with Crippen LogP contribution in [0.2, 0.25) is 0 Å². The molecule has 0 atom stereocenters. The van der Waals surface area contributed by atoms with Crippen molar-refractivity contribution in [1.29, 1.82) is 0 Å². The van der Waals surface area contributed by atoms with Crippen molar-refractivity contribution in [2.75, 3.05) is 14.2 Å². The van der Waals surface area contributed by atoms with E-state index >= 15 is 0 Å². The van der Waals surface area contributed by atoms with E-state index in [0.29, 0.717) is 23.0 Å². The lowest BCUT2D eigenvalue weighted by Crippen LogP contribution is -2.05. The van der Waals surface area contributed by atoms with Gasteiger partial charge in [-0.3, -0.25) is 9.59 Å². The first kappa shape index (κ1) is 20.0. The van der Waals surface area contributed by atoms with Crippen molar-refractivity contribution >= 4 is 23.6 Å². The summed E-state index contributed by atoms with van der Waals surface area (Å²) in [6.45, 7) is 4.52. The van der Waals surface area contributed by atoms with E-state index in [4.69, 9.17) is 18.9 Å². The zero-order chi connectivity index (χ0) is 20.0. The Morgan fingerprint density at radius 3 is 1.56 bits per heavy atom. The molecule has 0 spiro atoms. The lowest BCUT2D eigenvalue weighted by atomic mass is 10.0. The Labute approximate surface area is 158 Å². The third kappa shape index (κ3) is 5.88. The third-order valence-corrected chi connectivity index (χ3v) is 3.62. The molecule has 0 aliphatic rings. The zero-order valence-electron chi connectivity index (χ0n) is 16.0.